The van der Waals surface area contributed by atoms with Gasteiger partial charge in [0, 0.05) is 36.9 Å². The van der Waals surface area contributed by atoms with E-state index in [4.69, 9.17) is 4.74 Å². The first-order chi connectivity index (χ1) is 12.1. The zero-order chi connectivity index (χ0) is 18.1. The summed E-state index contributed by atoms with van der Waals surface area (Å²) in [5.74, 6) is 1.11. The van der Waals surface area contributed by atoms with E-state index in [0.29, 0.717) is 31.3 Å². The largest absolute Gasteiger partial charge is 0.481 e. The second kappa shape index (κ2) is 9.98. The zero-order valence-corrected chi connectivity index (χ0v) is 15.9. The molecule has 0 spiro atoms. The van der Waals surface area contributed by atoms with Crippen molar-refractivity contribution in [1.29, 1.82) is 0 Å². The van der Waals surface area contributed by atoms with E-state index < -0.39 is 0 Å². The summed E-state index contributed by atoms with van der Waals surface area (Å²) in [5, 5.41) is 6.46. The van der Waals surface area contributed by atoms with Crippen molar-refractivity contribution in [2.24, 2.45) is 4.99 Å². The van der Waals surface area contributed by atoms with Gasteiger partial charge in [0.05, 0.1) is 7.11 Å². The SMILES string of the molecule is CN=C(NCCCc1ccc(Br)cc1F)NCc1ccnc(OC)c1. The summed E-state index contributed by atoms with van der Waals surface area (Å²) in [6.07, 6.45) is 3.19. The van der Waals surface area contributed by atoms with Crippen LogP contribution in [0.4, 0.5) is 4.39 Å². The van der Waals surface area contributed by atoms with Gasteiger partial charge in [0.2, 0.25) is 5.88 Å². The van der Waals surface area contributed by atoms with E-state index in [1.54, 1.807) is 20.4 Å². The zero-order valence-electron chi connectivity index (χ0n) is 14.4. The second-order valence-corrected chi connectivity index (χ2v) is 6.31. The van der Waals surface area contributed by atoms with Gasteiger partial charge in [-0.25, -0.2) is 9.37 Å². The van der Waals surface area contributed by atoms with Crippen molar-refractivity contribution in [2.45, 2.75) is 19.4 Å². The van der Waals surface area contributed by atoms with Crippen molar-refractivity contribution >= 4 is 21.9 Å². The molecule has 2 rings (SSSR count). The number of benzene rings is 1. The third-order valence-electron chi connectivity index (χ3n) is 3.62. The molecule has 0 aliphatic carbocycles. The maximum Gasteiger partial charge on any atom is 0.213 e. The smallest absolute Gasteiger partial charge is 0.213 e. The molecule has 1 aromatic carbocycles. The number of hydrogen-bond donors (Lipinski definition) is 2. The number of hydrogen-bond acceptors (Lipinski definition) is 3. The Labute approximate surface area is 155 Å². The lowest BCUT2D eigenvalue weighted by Gasteiger charge is -2.12. The number of pyridine rings is 1. The molecule has 0 unspecified atom stereocenters. The molecular weight excluding hydrogens is 387 g/mol. The molecule has 0 saturated carbocycles. The summed E-state index contributed by atoms with van der Waals surface area (Å²) < 4.78 is 19.6. The fourth-order valence-corrected chi connectivity index (χ4v) is 2.62. The average Bonchev–Trinajstić information content (AvgIpc) is 2.62. The van der Waals surface area contributed by atoms with E-state index in [2.05, 4.69) is 36.5 Å². The molecule has 2 aromatic rings. The molecular formula is C18H22BrFN4O. The molecule has 7 heteroatoms. The highest BCUT2D eigenvalue weighted by Crippen LogP contribution is 2.16. The van der Waals surface area contributed by atoms with Gasteiger partial charge in [0.15, 0.2) is 5.96 Å². The Balaban J connectivity index is 1.74. The minimum atomic E-state index is -0.177. The van der Waals surface area contributed by atoms with Gasteiger partial charge in [0.25, 0.3) is 0 Å². The van der Waals surface area contributed by atoms with E-state index in [0.717, 1.165) is 22.0 Å². The van der Waals surface area contributed by atoms with Crippen molar-refractivity contribution in [2.75, 3.05) is 20.7 Å². The van der Waals surface area contributed by atoms with Gasteiger partial charge in [-0.05, 0) is 42.2 Å². The summed E-state index contributed by atoms with van der Waals surface area (Å²) in [7, 11) is 3.31. The van der Waals surface area contributed by atoms with Crippen LogP contribution < -0.4 is 15.4 Å². The number of guanidine groups is 1. The number of rotatable bonds is 7. The fourth-order valence-electron chi connectivity index (χ4n) is 2.29. The Morgan fingerprint density at radius 1 is 1.28 bits per heavy atom. The molecule has 0 aliphatic rings. The normalized spacial score (nSPS) is 11.3. The van der Waals surface area contributed by atoms with Crippen molar-refractivity contribution < 1.29 is 9.13 Å². The molecule has 0 aliphatic heterocycles. The van der Waals surface area contributed by atoms with Gasteiger partial charge in [-0.2, -0.15) is 0 Å². The van der Waals surface area contributed by atoms with Gasteiger partial charge < -0.3 is 15.4 Å². The number of ether oxygens (including phenoxy) is 1. The van der Waals surface area contributed by atoms with E-state index in [1.807, 2.05) is 24.3 Å². The van der Waals surface area contributed by atoms with E-state index in [1.165, 1.54) is 6.07 Å². The molecule has 25 heavy (non-hydrogen) atoms. The van der Waals surface area contributed by atoms with Crippen molar-refractivity contribution in [3.05, 3.63) is 57.9 Å². The average molecular weight is 409 g/mol. The quantitative estimate of drug-likeness (QED) is 0.419. The number of aryl methyl sites for hydroxylation is 1. The van der Waals surface area contributed by atoms with Gasteiger partial charge in [-0.1, -0.05) is 22.0 Å². The molecule has 1 aromatic heterocycles. The summed E-state index contributed by atoms with van der Waals surface area (Å²) in [5.41, 5.74) is 1.77. The molecule has 0 radical (unpaired) electrons. The number of aliphatic imine (C=N–C) groups is 1. The highest BCUT2D eigenvalue weighted by Gasteiger charge is 2.04. The van der Waals surface area contributed by atoms with E-state index >= 15 is 0 Å². The third kappa shape index (κ3) is 6.34. The lowest BCUT2D eigenvalue weighted by Crippen LogP contribution is -2.37. The summed E-state index contributed by atoms with van der Waals surface area (Å²) in [6, 6.07) is 8.95. The Hall–Kier alpha value is -2.15. The van der Waals surface area contributed by atoms with Gasteiger partial charge >= 0.3 is 0 Å². The summed E-state index contributed by atoms with van der Waals surface area (Å²) >= 11 is 3.26. The van der Waals surface area contributed by atoms with Crippen LogP contribution in [0.2, 0.25) is 0 Å². The molecule has 0 fully saturated rings. The van der Waals surface area contributed by atoms with Gasteiger partial charge in [-0.3, -0.25) is 4.99 Å². The fraction of sp³-hybridized carbons (Fsp3) is 0.333. The highest BCUT2D eigenvalue weighted by molar-refractivity contribution is 9.10. The first kappa shape index (κ1) is 19.2. The molecule has 5 nitrogen and oxygen atoms in total. The molecule has 0 amide bonds. The molecule has 0 bridgehead atoms. The topological polar surface area (TPSA) is 58.5 Å². The third-order valence-corrected chi connectivity index (χ3v) is 4.12. The molecule has 0 atom stereocenters. The van der Waals surface area contributed by atoms with Crippen LogP contribution in [0.25, 0.3) is 0 Å². The number of nitrogens with zero attached hydrogens (tertiary/aromatic N) is 2. The van der Waals surface area contributed by atoms with Crippen LogP contribution >= 0.6 is 15.9 Å². The number of nitrogens with one attached hydrogen (secondary N) is 2. The number of aromatic nitrogens is 1. The lowest BCUT2D eigenvalue weighted by molar-refractivity contribution is 0.397. The standard InChI is InChI=1S/C18H22BrFN4O/c1-21-18(24-12-13-7-9-22-17(10-13)25-2)23-8-3-4-14-5-6-15(19)11-16(14)20/h5-7,9-11H,3-4,8,12H2,1-2H3,(H2,21,23,24). The molecule has 134 valence electrons. The van der Waals surface area contributed by atoms with Crippen LogP contribution in [-0.2, 0) is 13.0 Å². The van der Waals surface area contributed by atoms with Crippen molar-refractivity contribution in [1.82, 2.24) is 15.6 Å². The highest BCUT2D eigenvalue weighted by atomic mass is 79.9. The second-order valence-electron chi connectivity index (χ2n) is 5.40. The number of halogens is 2. The predicted octanol–water partition coefficient (Wildman–Crippen LogP) is 3.29. The van der Waals surface area contributed by atoms with Crippen LogP contribution in [0.15, 0.2) is 46.0 Å². The first-order valence-electron chi connectivity index (χ1n) is 7.99. The number of methoxy groups -OCH3 is 1. The van der Waals surface area contributed by atoms with Crippen molar-refractivity contribution in [3.63, 3.8) is 0 Å². The molecule has 2 N–H and O–H groups in total. The van der Waals surface area contributed by atoms with Gasteiger partial charge in [0.1, 0.15) is 5.82 Å². The minimum Gasteiger partial charge on any atom is -0.481 e. The van der Waals surface area contributed by atoms with Gasteiger partial charge in [-0.15, -0.1) is 0 Å². The van der Waals surface area contributed by atoms with Crippen LogP contribution in [0, 0.1) is 5.82 Å². The van der Waals surface area contributed by atoms with Crippen LogP contribution in [0.3, 0.4) is 0 Å². The predicted molar refractivity (Wildman–Crippen MR) is 101 cm³/mol. The monoisotopic (exact) mass is 408 g/mol. The van der Waals surface area contributed by atoms with Crippen molar-refractivity contribution in [3.8, 4) is 5.88 Å². The lowest BCUT2D eigenvalue weighted by atomic mass is 10.1. The Morgan fingerprint density at radius 2 is 2.12 bits per heavy atom. The summed E-state index contributed by atoms with van der Waals surface area (Å²) in [6.45, 7) is 1.31. The van der Waals surface area contributed by atoms with E-state index in [9.17, 15) is 4.39 Å². The first-order valence-corrected chi connectivity index (χ1v) is 8.79. The summed E-state index contributed by atoms with van der Waals surface area (Å²) in [4.78, 5) is 8.26. The molecule has 0 saturated heterocycles. The molecule has 1 heterocycles. The maximum absolute atomic E-state index is 13.8. The maximum atomic E-state index is 13.8. The Kier molecular flexibility index (Phi) is 7.66. The van der Waals surface area contributed by atoms with Crippen LogP contribution in [0.5, 0.6) is 5.88 Å². The van der Waals surface area contributed by atoms with E-state index in [-0.39, 0.29) is 5.82 Å². The van der Waals surface area contributed by atoms with Crippen LogP contribution in [0.1, 0.15) is 17.5 Å². The Bertz CT molecular complexity index is 724. The van der Waals surface area contributed by atoms with Crippen LogP contribution in [-0.4, -0.2) is 31.6 Å². The Morgan fingerprint density at radius 3 is 2.84 bits per heavy atom. The minimum absolute atomic E-state index is 0.177.